The number of fused-ring (bicyclic) bond motifs is 3. The van der Waals surface area contributed by atoms with Gasteiger partial charge in [0.05, 0.1) is 23.4 Å². The molecular weight excluding hydrogens is 248 g/mol. The zero-order chi connectivity index (χ0) is 13.5. The number of pyridine rings is 1. The van der Waals surface area contributed by atoms with Crippen LogP contribution in [0.4, 0.5) is 0 Å². The molecule has 3 heterocycles. The standard InChI is InChI=1S/C16H14N4/c1-10-4-12(7-17-6-10)11-2-3-15-13(5-11)14-8-19-20-16(14)9-18-15/h2-3,5-10H,4H2,1H3,(H,19,20). The van der Waals surface area contributed by atoms with Gasteiger partial charge in [0.15, 0.2) is 0 Å². The molecule has 1 N–H and O–H groups in total. The van der Waals surface area contributed by atoms with Crippen molar-refractivity contribution in [3.8, 4) is 0 Å². The quantitative estimate of drug-likeness (QED) is 0.729. The van der Waals surface area contributed by atoms with Crippen LogP contribution in [0, 0.1) is 5.92 Å². The van der Waals surface area contributed by atoms with Crippen molar-refractivity contribution in [2.45, 2.75) is 13.3 Å². The largest absolute Gasteiger partial charge is 0.276 e. The average Bonchev–Trinajstić information content (AvgIpc) is 2.95. The van der Waals surface area contributed by atoms with Crippen LogP contribution in [0.5, 0.6) is 0 Å². The van der Waals surface area contributed by atoms with Gasteiger partial charge in [-0.2, -0.15) is 5.10 Å². The van der Waals surface area contributed by atoms with Crippen LogP contribution in [-0.2, 0) is 0 Å². The summed E-state index contributed by atoms with van der Waals surface area (Å²) in [6, 6.07) is 6.39. The lowest BCUT2D eigenvalue weighted by molar-refractivity contribution is 0.809. The third-order valence-electron chi connectivity index (χ3n) is 3.77. The van der Waals surface area contributed by atoms with Gasteiger partial charge in [-0.3, -0.25) is 15.1 Å². The molecule has 0 radical (unpaired) electrons. The number of hydrogen-bond donors (Lipinski definition) is 1. The molecule has 1 aromatic carbocycles. The molecule has 1 aliphatic heterocycles. The van der Waals surface area contributed by atoms with Crippen molar-refractivity contribution in [3.63, 3.8) is 0 Å². The normalized spacial score (nSPS) is 18.6. The van der Waals surface area contributed by atoms with Gasteiger partial charge in [0.1, 0.15) is 0 Å². The topological polar surface area (TPSA) is 53.9 Å². The average molecular weight is 262 g/mol. The van der Waals surface area contributed by atoms with Crippen LogP contribution in [0.25, 0.3) is 27.4 Å². The Morgan fingerprint density at radius 3 is 3.05 bits per heavy atom. The summed E-state index contributed by atoms with van der Waals surface area (Å²) in [6.07, 6.45) is 8.68. The number of aromatic nitrogens is 3. The van der Waals surface area contributed by atoms with E-state index in [9.17, 15) is 0 Å². The predicted octanol–water partition coefficient (Wildman–Crippen LogP) is 3.56. The van der Waals surface area contributed by atoms with Crippen molar-refractivity contribution in [2.75, 3.05) is 0 Å². The van der Waals surface area contributed by atoms with Gasteiger partial charge in [0.25, 0.3) is 0 Å². The van der Waals surface area contributed by atoms with Gasteiger partial charge in [-0.05, 0) is 35.6 Å². The van der Waals surface area contributed by atoms with E-state index in [0.29, 0.717) is 5.92 Å². The fraction of sp³-hybridized carbons (Fsp3) is 0.188. The van der Waals surface area contributed by atoms with Crippen LogP contribution in [0.15, 0.2) is 41.8 Å². The molecule has 4 nitrogen and oxygen atoms in total. The number of H-pyrrole nitrogens is 1. The lowest BCUT2D eigenvalue weighted by Crippen LogP contribution is -2.02. The molecule has 1 unspecified atom stereocenters. The lowest BCUT2D eigenvalue weighted by Gasteiger charge is -2.14. The second kappa shape index (κ2) is 4.27. The van der Waals surface area contributed by atoms with E-state index >= 15 is 0 Å². The molecule has 0 amide bonds. The minimum atomic E-state index is 0.494. The Kier molecular flexibility index (Phi) is 2.42. The zero-order valence-electron chi connectivity index (χ0n) is 11.2. The maximum atomic E-state index is 4.46. The van der Waals surface area contributed by atoms with Crippen molar-refractivity contribution >= 4 is 33.6 Å². The summed E-state index contributed by atoms with van der Waals surface area (Å²) in [6.45, 7) is 2.19. The van der Waals surface area contributed by atoms with Crippen LogP contribution in [0.2, 0.25) is 0 Å². The lowest BCUT2D eigenvalue weighted by atomic mass is 9.94. The summed E-state index contributed by atoms with van der Waals surface area (Å²) in [4.78, 5) is 8.79. The van der Waals surface area contributed by atoms with E-state index < -0.39 is 0 Å². The van der Waals surface area contributed by atoms with Gasteiger partial charge < -0.3 is 0 Å². The molecule has 0 aliphatic carbocycles. The van der Waals surface area contributed by atoms with Gasteiger partial charge in [-0.25, -0.2) is 0 Å². The van der Waals surface area contributed by atoms with E-state index in [0.717, 1.165) is 28.2 Å². The molecule has 2 aromatic heterocycles. The molecule has 3 aromatic rings. The number of aromatic amines is 1. The first-order valence-corrected chi connectivity index (χ1v) is 6.76. The molecule has 0 fully saturated rings. The highest BCUT2D eigenvalue weighted by atomic mass is 15.1. The zero-order valence-corrected chi connectivity index (χ0v) is 11.2. The van der Waals surface area contributed by atoms with Crippen LogP contribution in [0.1, 0.15) is 18.9 Å². The second-order valence-corrected chi connectivity index (χ2v) is 5.32. The highest BCUT2D eigenvalue weighted by Gasteiger charge is 2.11. The number of nitrogens with zero attached hydrogens (tertiary/aromatic N) is 3. The third kappa shape index (κ3) is 1.72. The summed E-state index contributed by atoms with van der Waals surface area (Å²) in [5.41, 5.74) is 4.47. The van der Waals surface area contributed by atoms with E-state index in [2.05, 4.69) is 45.3 Å². The molecule has 0 saturated heterocycles. The van der Waals surface area contributed by atoms with Crippen LogP contribution in [0.3, 0.4) is 0 Å². The molecule has 4 heteroatoms. The smallest absolute Gasteiger partial charge is 0.0840 e. The highest BCUT2D eigenvalue weighted by molar-refractivity contribution is 6.04. The Morgan fingerprint density at radius 1 is 1.20 bits per heavy atom. The first-order valence-electron chi connectivity index (χ1n) is 6.76. The Balaban J connectivity index is 1.93. The summed E-state index contributed by atoms with van der Waals surface area (Å²) in [5.74, 6) is 0.494. The van der Waals surface area contributed by atoms with Crippen LogP contribution >= 0.6 is 0 Å². The van der Waals surface area contributed by atoms with Gasteiger partial charge in [-0.15, -0.1) is 0 Å². The number of allylic oxidation sites excluding steroid dienone is 1. The Labute approximate surface area is 116 Å². The van der Waals surface area contributed by atoms with Gasteiger partial charge in [0, 0.05) is 23.2 Å². The first-order chi connectivity index (χ1) is 9.81. The van der Waals surface area contributed by atoms with E-state index in [-0.39, 0.29) is 0 Å². The molecular formula is C16H14N4. The highest BCUT2D eigenvalue weighted by Crippen LogP contribution is 2.29. The third-order valence-corrected chi connectivity index (χ3v) is 3.77. The summed E-state index contributed by atoms with van der Waals surface area (Å²) >= 11 is 0. The minimum absolute atomic E-state index is 0.494. The van der Waals surface area contributed by atoms with Crippen molar-refractivity contribution < 1.29 is 0 Å². The van der Waals surface area contributed by atoms with Crippen molar-refractivity contribution in [1.29, 1.82) is 0 Å². The van der Waals surface area contributed by atoms with Crippen LogP contribution < -0.4 is 0 Å². The first kappa shape index (κ1) is 11.3. The monoisotopic (exact) mass is 262 g/mol. The minimum Gasteiger partial charge on any atom is -0.276 e. The van der Waals surface area contributed by atoms with E-state index in [1.165, 1.54) is 11.1 Å². The van der Waals surface area contributed by atoms with Gasteiger partial charge in [0.2, 0.25) is 0 Å². The molecule has 0 spiro atoms. The summed E-state index contributed by atoms with van der Waals surface area (Å²) in [5, 5.41) is 9.32. The number of aliphatic imine (C=N–C) groups is 1. The number of nitrogens with one attached hydrogen (secondary N) is 1. The molecule has 1 atom stereocenters. The maximum absolute atomic E-state index is 4.46. The number of rotatable bonds is 1. The SMILES string of the molecule is CC1C=NC=C(c2ccc3ncc4[nH]ncc4c3c2)C1. The Hall–Kier alpha value is -2.49. The fourth-order valence-electron chi connectivity index (χ4n) is 2.73. The molecule has 4 rings (SSSR count). The fourth-order valence-corrected chi connectivity index (χ4v) is 2.73. The maximum Gasteiger partial charge on any atom is 0.0840 e. The van der Waals surface area contributed by atoms with Gasteiger partial charge >= 0.3 is 0 Å². The summed E-state index contributed by atoms with van der Waals surface area (Å²) in [7, 11) is 0. The molecule has 0 saturated carbocycles. The Bertz CT molecular complexity index is 857. The molecule has 1 aliphatic rings. The molecule has 20 heavy (non-hydrogen) atoms. The van der Waals surface area contributed by atoms with Crippen molar-refractivity contribution in [2.24, 2.45) is 10.9 Å². The number of hydrogen-bond acceptors (Lipinski definition) is 3. The summed E-state index contributed by atoms with van der Waals surface area (Å²) < 4.78 is 0. The number of benzene rings is 1. The Morgan fingerprint density at radius 2 is 2.15 bits per heavy atom. The molecule has 98 valence electrons. The van der Waals surface area contributed by atoms with Crippen molar-refractivity contribution in [1.82, 2.24) is 15.2 Å². The van der Waals surface area contributed by atoms with E-state index in [4.69, 9.17) is 0 Å². The van der Waals surface area contributed by atoms with Crippen molar-refractivity contribution in [3.05, 3.63) is 42.4 Å². The predicted molar refractivity (Wildman–Crippen MR) is 81.6 cm³/mol. The van der Waals surface area contributed by atoms with E-state index in [1.54, 1.807) is 0 Å². The van der Waals surface area contributed by atoms with E-state index in [1.807, 2.05) is 24.8 Å². The van der Waals surface area contributed by atoms with Gasteiger partial charge in [-0.1, -0.05) is 13.0 Å². The molecule has 0 bridgehead atoms. The van der Waals surface area contributed by atoms with Crippen LogP contribution in [-0.4, -0.2) is 21.4 Å². The second-order valence-electron chi connectivity index (χ2n) is 5.32.